The number of amides is 2. The molecule has 2 amide bonds. The maximum Gasteiger partial charge on any atom is 0.409 e. The van der Waals surface area contributed by atoms with Crippen molar-refractivity contribution in [2.75, 3.05) is 30.3 Å². The fourth-order valence-electron chi connectivity index (χ4n) is 6.05. The normalized spacial score (nSPS) is 16.7. The molecule has 1 aliphatic heterocycles. The Kier molecular flexibility index (Phi) is 12.0. The number of nitrogens with one attached hydrogen (secondary N) is 3. The summed E-state index contributed by atoms with van der Waals surface area (Å²) in [6, 6.07) is 10.6. The van der Waals surface area contributed by atoms with Crippen LogP contribution in [0, 0.1) is 11.8 Å². The third-order valence-electron chi connectivity index (χ3n) is 8.61. The van der Waals surface area contributed by atoms with Crippen molar-refractivity contribution >= 4 is 47.0 Å². The van der Waals surface area contributed by atoms with Crippen LogP contribution in [0.4, 0.5) is 16.6 Å². The molecule has 3 N–H and O–H groups in total. The van der Waals surface area contributed by atoms with Gasteiger partial charge in [-0.05, 0) is 60.9 Å². The molecule has 5 rings (SSSR count). The van der Waals surface area contributed by atoms with Gasteiger partial charge in [0, 0.05) is 54.2 Å². The van der Waals surface area contributed by atoms with Crippen LogP contribution in [0.1, 0.15) is 70.8 Å². The van der Waals surface area contributed by atoms with Gasteiger partial charge in [-0.25, -0.2) is 4.79 Å². The second-order valence-corrected chi connectivity index (χ2v) is 13.6. The minimum atomic E-state index is -0.491. The summed E-state index contributed by atoms with van der Waals surface area (Å²) >= 11 is 12.5. The molecule has 12 heteroatoms. The van der Waals surface area contributed by atoms with Gasteiger partial charge < -0.3 is 30.2 Å². The number of benzene rings is 1. The van der Waals surface area contributed by atoms with Crippen LogP contribution >= 0.6 is 23.2 Å². The Morgan fingerprint density at radius 1 is 1.00 bits per heavy atom. The van der Waals surface area contributed by atoms with Crippen molar-refractivity contribution in [2.45, 2.75) is 83.8 Å². The van der Waals surface area contributed by atoms with Crippen LogP contribution in [-0.2, 0) is 16.1 Å². The summed E-state index contributed by atoms with van der Waals surface area (Å²) in [5, 5.41) is 11.1. The lowest BCUT2D eigenvalue weighted by atomic mass is 9.84. The molecular formula is C34H45Cl2N7O3. The molecule has 0 unspecified atom stereocenters. The van der Waals surface area contributed by atoms with E-state index in [1.54, 1.807) is 17.0 Å². The number of ether oxygens (including phenoxy) is 1. The quantitative estimate of drug-likeness (QED) is 0.185. The Morgan fingerprint density at radius 2 is 1.74 bits per heavy atom. The Morgan fingerprint density at radius 3 is 2.43 bits per heavy atom. The lowest BCUT2D eigenvalue weighted by Crippen LogP contribution is -2.43. The van der Waals surface area contributed by atoms with E-state index in [2.05, 4.69) is 16.0 Å². The molecule has 3 aromatic rings. The van der Waals surface area contributed by atoms with Gasteiger partial charge >= 0.3 is 6.09 Å². The van der Waals surface area contributed by atoms with Gasteiger partial charge in [-0.1, -0.05) is 75.2 Å². The summed E-state index contributed by atoms with van der Waals surface area (Å²) in [5.74, 6) is 2.37. The number of hydrogen-bond donors (Lipinski definition) is 3. The van der Waals surface area contributed by atoms with Crippen molar-refractivity contribution in [1.82, 2.24) is 24.8 Å². The summed E-state index contributed by atoms with van der Waals surface area (Å²) in [6.07, 6.45) is 11.6. The van der Waals surface area contributed by atoms with Crippen LogP contribution in [0.2, 0.25) is 10.0 Å². The molecular weight excluding hydrogens is 625 g/mol. The molecule has 0 bridgehead atoms. The van der Waals surface area contributed by atoms with Gasteiger partial charge in [0.25, 0.3) is 0 Å². The zero-order chi connectivity index (χ0) is 32.5. The molecule has 10 nitrogen and oxygen atoms in total. The highest BCUT2D eigenvalue weighted by Crippen LogP contribution is 2.29. The highest BCUT2D eigenvalue weighted by Gasteiger charge is 2.27. The van der Waals surface area contributed by atoms with Crippen molar-refractivity contribution in [2.24, 2.45) is 11.8 Å². The fraction of sp³-hybridized carbons (Fsp3) is 0.529. The van der Waals surface area contributed by atoms with E-state index in [0.717, 1.165) is 31.2 Å². The lowest BCUT2D eigenvalue weighted by molar-refractivity contribution is -0.122. The van der Waals surface area contributed by atoms with Crippen molar-refractivity contribution < 1.29 is 14.3 Å². The van der Waals surface area contributed by atoms with Crippen LogP contribution in [-0.4, -0.2) is 63.2 Å². The van der Waals surface area contributed by atoms with Crippen LogP contribution in [0.25, 0.3) is 5.82 Å². The Balaban J connectivity index is 1.30. The molecule has 2 aromatic heterocycles. The van der Waals surface area contributed by atoms with E-state index in [0.29, 0.717) is 72.1 Å². The summed E-state index contributed by atoms with van der Waals surface area (Å²) in [7, 11) is 0. The Hall–Kier alpha value is -3.50. The predicted molar refractivity (Wildman–Crippen MR) is 183 cm³/mol. The molecule has 1 aliphatic carbocycles. The highest BCUT2D eigenvalue weighted by molar-refractivity contribution is 6.35. The molecule has 0 radical (unpaired) electrons. The maximum absolute atomic E-state index is 13.7. The van der Waals surface area contributed by atoms with Crippen LogP contribution in [0.3, 0.4) is 0 Å². The fourth-order valence-corrected chi connectivity index (χ4v) is 6.52. The summed E-state index contributed by atoms with van der Waals surface area (Å²) < 4.78 is 7.34. The third kappa shape index (κ3) is 9.75. The molecule has 248 valence electrons. The summed E-state index contributed by atoms with van der Waals surface area (Å²) in [6.45, 7) is 5.96. The first-order valence-electron chi connectivity index (χ1n) is 16.4. The second-order valence-electron chi connectivity index (χ2n) is 12.8. The minimum Gasteiger partial charge on any atom is -0.449 e. The van der Waals surface area contributed by atoms with Crippen molar-refractivity contribution in [3.63, 3.8) is 0 Å². The second kappa shape index (κ2) is 16.4. The number of rotatable bonds is 12. The number of hydrogen-bond acceptors (Lipinski definition) is 7. The van der Waals surface area contributed by atoms with E-state index in [1.807, 2.05) is 55.1 Å². The zero-order valence-electron chi connectivity index (χ0n) is 26.7. The highest BCUT2D eigenvalue weighted by atomic mass is 35.5. The van der Waals surface area contributed by atoms with Crippen LogP contribution in [0.15, 0.2) is 48.8 Å². The van der Waals surface area contributed by atoms with E-state index < -0.39 is 6.04 Å². The minimum absolute atomic E-state index is 0.0902. The van der Waals surface area contributed by atoms with Gasteiger partial charge in [-0.2, -0.15) is 9.97 Å². The summed E-state index contributed by atoms with van der Waals surface area (Å²) in [4.78, 5) is 37.6. The molecule has 46 heavy (non-hydrogen) atoms. The van der Waals surface area contributed by atoms with E-state index >= 15 is 0 Å². The molecule has 2 fully saturated rings. The third-order valence-corrected chi connectivity index (χ3v) is 9.20. The molecule has 1 aromatic carbocycles. The smallest absolute Gasteiger partial charge is 0.409 e. The average Bonchev–Trinajstić information content (AvgIpc) is 3.59. The standard InChI is InChI=1S/C34H45Cl2N7O3/c1-23(2)22-46-34(45)43-16-12-27(13-17-43)38-33-40-30(20-31(41-33)42-14-6-7-15-42)39-29(18-24-8-4-3-5-9-24)32(44)37-21-25-10-11-26(35)19-28(25)36/h6-7,10-11,14-15,19-20,23-24,27,29H,3-5,8-9,12-13,16-18,21-22H2,1-2H3,(H,37,44)(H2,38,39,40,41)/t29-/m1/s1. The molecule has 3 heterocycles. The molecule has 0 spiro atoms. The largest absolute Gasteiger partial charge is 0.449 e. The topological polar surface area (TPSA) is 113 Å². The van der Waals surface area contributed by atoms with Gasteiger partial charge in [0.05, 0.1) is 6.61 Å². The number of nitrogens with zero attached hydrogens (tertiary/aromatic N) is 4. The monoisotopic (exact) mass is 669 g/mol. The number of carbonyl (C=O) groups excluding carboxylic acids is 2. The maximum atomic E-state index is 13.7. The summed E-state index contributed by atoms with van der Waals surface area (Å²) in [5.41, 5.74) is 0.804. The SMILES string of the molecule is CC(C)COC(=O)N1CCC(Nc2nc(N[C@H](CC3CCCCC3)C(=O)NCc3ccc(Cl)cc3Cl)cc(-n3cccc3)n2)CC1. The lowest BCUT2D eigenvalue weighted by Gasteiger charge is -2.32. The first-order chi connectivity index (χ1) is 22.2. The molecule has 1 atom stereocenters. The van der Waals surface area contributed by atoms with Gasteiger partial charge in [0.1, 0.15) is 17.7 Å². The number of halogens is 2. The van der Waals surface area contributed by atoms with Gasteiger partial charge in [-0.15, -0.1) is 0 Å². The number of anilines is 2. The van der Waals surface area contributed by atoms with Gasteiger partial charge in [0.2, 0.25) is 11.9 Å². The molecule has 2 aliphatic rings. The Labute approximate surface area is 281 Å². The van der Waals surface area contributed by atoms with Gasteiger partial charge in [0.15, 0.2) is 0 Å². The first-order valence-corrected chi connectivity index (χ1v) is 17.2. The van der Waals surface area contributed by atoms with Crippen LogP contribution in [0.5, 0.6) is 0 Å². The zero-order valence-corrected chi connectivity index (χ0v) is 28.2. The first kappa shape index (κ1) is 33.9. The van der Waals surface area contributed by atoms with Crippen molar-refractivity contribution in [3.05, 3.63) is 64.4 Å². The molecule has 1 saturated carbocycles. The van der Waals surface area contributed by atoms with Crippen molar-refractivity contribution in [3.8, 4) is 5.82 Å². The number of piperidine rings is 1. The van der Waals surface area contributed by atoms with E-state index in [4.69, 9.17) is 37.9 Å². The number of likely N-dealkylation sites (tertiary alicyclic amines) is 1. The average molecular weight is 671 g/mol. The predicted octanol–water partition coefficient (Wildman–Crippen LogP) is 7.31. The van der Waals surface area contributed by atoms with Crippen molar-refractivity contribution in [1.29, 1.82) is 0 Å². The van der Waals surface area contributed by atoms with E-state index in [9.17, 15) is 9.59 Å². The number of carbonyl (C=O) groups is 2. The molecule has 1 saturated heterocycles. The Bertz CT molecular complexity index is 1440. The van der Waals surface area contributed by atoms with E-state index in [-0.39, 0.29) is 18.0 Å². The van der Waals surface area contributed by atoms with Crippen LogP contribution < -0.4 is 16.0 Å². The number of aromatic nitrogens is 3. The van der Waals surface area contributed by atoms with Gasteiger partial charge in [-0.3, -0.25) is 4.79 Å². The van der Waals surface area contributed by atoms with E-state index in [1.165, 1.54) is 19.3 Å².